The van der Waals surface area contributed by atoms with E-state index >= 15 is 0 Å². The molecule has 0 fully saturated rings. The molecule has 0 spiro atoms. The van der Waals surface area contributed by atoms with Gasteiger partial charge in [-0.05, 0) is 66.6 Å². The Hall–Kier alpha value is -2.90. The lowest BCUT2D eigenvalue weighted by Gasteiger charge is -2.25. The van der Waals surface area contributed by atoms with E-state index in [2.05, 4.69) is 5.32 Å². The van der Waals surface area contributed by atoms with Gasteiger partial charge in [0, 0.05) is 17.6 Å². The van der Waals surface area contributed by atoms with Crippen LogP contribution in [0.25, 0.3) is 0 Å². The summed E-state index contributed by atoms with van der Waals surface area (Å²) in [7, 11) is -4.02. The highest BCUT2D eigenvalue weighted by Crippen LogP contribution is 2.28. The molecule has 156 valence electrons. The van der Waals surface area contributed by atoms with Crippen molar-refractivity contribution in [2.45, 2.75) is 25.3 Å². The molecule has 0 aliphatic carbocycles. The summed E-state index contributed by atoms with van der Waals surface area (Å²) in [6, 6.07) is 16.9. The predicted octanol–water partition coefficient (Wildman–Crippen LogP) is 5.14. The number of hydrogen-bond acceptors (Lipinski definition) is 3. The van der Waals surface area contributed by atoms with Crippen LogP contribution >= 0.6 is 11.6 Å². The molecule has 0 heterocycles. The van der Waals surface area contributed by atoms with E-state index in [1.807, 2.05) is 0 Å². The number of hydrogen-bond donors (Lipinski definition) is 1. The molecule has 1 amide bonds. The van der Waals surface area contributed by atoms with Crippen molar-refractivity contribution in [3.05, 3.63) is 88.7 Å². The van der Waals surface area contributed by atoms with Gasteiger partial charge in [-0.1, -0.05) is 29.8 Å². The molecule has 0 aliphatic heterocycles. The molecule has 1 N–H and O–H groups in total. The van der Waals surface area contributed by atoms with Gasteiger partial charge in [-0.3, -0.25) is 9.10 Å². The Morgan fingerprint density at radius 2 is 1.67 bits per heavy atom. The lowest BCUT2D eigenvalue weighted by atomic mass is 10.2. The number of rotatable bonds is 6. The van der Waals surface area contributed by atoms with Crippen LogP contribution in [0.4, 0.5) is 15.8 Å². The quantitative estimate of drug-likeness (QED) is 0.570. The van der Waals surface area contributed by atoms with Crippen molar-refractivity contribution >= 4 is 38.9 Å². The van der Waals surface area contributed by atoms with E-state index in [4.69, 9.17) is 11.6 Å². The fraction of sp³-hybridized carbons (Fsp3) is 0.136. The second-order valence-corrected chi connectivity index (χ2v) is 9.08. The average molecular weight is 447 g/mol. The summed E-state index contributed by atoms with van der Waals surface area (Å²) in [5, 5.41) is 3.12. The fourth-order valence-electron chi connectivity index (χ4n) is 2.85. The normalized spacial score (nSPS) is 11.2. The van der Waals surface area contributed by atoms with Gasteiger partial charge >= 0.3 is 0 Å². The highest BCUT2D eigenvalue weighted by Gasteiger charge is 2.26. The zero-order valence-electron chi connectivity index (χ0n) is 16.4. The molecule has 5 nitrogen and oxygen atoms in total. The van der Waals surface area contributed by atoms with Crippen LogP contribution in [0.2, 0.25) is 5.02 Å². The summed E-state index contributed by atoms with van der Waals surface area (Å²) < 4.78 is 42.2. The maximum Gasteiger partial charge on any atom is 0.264 e. The van der Waals surface area contributed by atoms with E-state index in [0.29, 0.717) is 21.8 Å². The molecule has 0 bridgehead atoms. The highest BCUT2D eigenvalue weighted by molar-refractivity contribution is 7.92. The van der Waals surface area contributed by atoms with Crippen LogP contribution in [0, 0.1) is 12.7 Å². The third kappa shape index (κ3) is 4.98. The van der Waals surface area contributed by atoms with Crippen LogP contribution in [0.3, 0.4) is 0 Å². The van der Waals surface area contributed by atoms with Gasteiger partial charge in [0.25, 0.3) is 10.0 Å². The Labute approximate surface area is 180 Å². The number of aryl methyl sites for hydroxylation is 1. The molecular weight excluding hydrogens is 427 g/mol. The number of nitrogens with zero attached hydrogens (tertiary/aromatic N) is 1. The minimum Gasteiger partial charge on any atom is -0.326 e. The Balaban J connectivity index is 2.03. The van der Waals surface area contributed by atoms with E-state index in [0.717, 1.165) is 4.31 Å². The number of amides is 1. The van der Waals surface area contributed by atoms with Crippen LogP contribution < -0.4 is 9.62 Å². The monoisotopic (exact) mass is 446 g/mol. The van der Waals surface area contributed by atoms with Crippen LogP contribution in [0.15, 0.2) is 71.6 Å². The Kier molecular flexibility index (Phi) is 6.43. The van der Waals surface area contributed by atoms with Gasteiger partial charge in [0.2, 0.25) is 5.91 Å². The first-order valence-corrected chi connectivity index (χ1v) is 10.9. The molecule has 0 unspecified atom stereocenters. The van der Waals surface area contributed by atoms with Crippen molar-refractivity contribution in [2.24, 2.45) is 0 Å². The SMILES string of the molecule is CC(=O)Nc1ccc(S(=O)(=O)N(Cc2ccc(Cl)cc2)c2ccc(C)c(F)c2)cc1. The number of carbonyl (C=O) groups is 1. The molecule has 0 aliphatic rings. The second kappa shape index (κ2) is 8.85. The van der Waals surface area contributed by atoms with Gasteiger partial charge in [0.05, 0.1) is 17.1 Å². The predicted molar refractivity (Wildman–Crippen MR) is 117 cm³/mol. The van der Waals surface area contributed by atoms with Crippen LogP contribution in [-0.4, -0.2) is 14.3 Å². The zero-order valence-corrected chi connectivity index (χ0v) is 18.0. The topological polar surface area (TPSA) is 66.5 Å². The Morgan fingerprint density at radius 3 is 2.23 bits per heavy atom. The fourth-order valence-corrected chi connectivity index (χ4v) is 4.42. The van der Waals surface area contributed by atoms with Gasteiger partial charge in [-0.2, -0.15) is 0 Å². The summed E-state index contributed by atoms with van der Waals surface area (Å²) in [5.74, 6) is -0.755. The Morgan fingerprint density at radius 1 is 1.03 bits per heavy atom. The molecule has 30 heavy (non-hydrogen) atoms. The van der Waals surface area contributed by atoms with Gasteiger partial charge in [-0.15, -0.1) is 0 Å². The highest BCUT2D eigenvalue weighted by atomic mass is 35.5. The lowest BCUT2D eigenvalue weighted by Crippen LogP contribution is -2.30. The molecular formula is C22H20ClFN2O3S. The molecule has 0 saturated carbocycles. The summed E-state index contributed by atoms with van der Waals surface area (Å²) >= 11 is 5.93. The van der Waals surface area contributed by atoms with Gasteiger partial charge < -0.3 is 5.32 Å². The molecule has 0 aromatic heterocycles. The standard InChI is InChI=1S/C22H20ClFN2O3S/c1-15-3-10-20(13-22(15)24)26(14-17-4-6-18(23)7-5-17)30(28,29)21-11-8-19(9-12-21)25-16(2)27/h3-13H,14H2,1-2H3,(H,25,27). The minimum atomic E-state index is -4.02. The summed E-state index contributed by atoms with van der Waals surface area (Å²) in [6.07, 6.45) is 0. The average Bonchev–Trinajstić information content (AvgIpc) is 2.69. The first-order chi connectivity index (χ1) is 14.2. The largest absolute Gasteiger partial charge is 0.326 e. The summed E-state index contributed by atoms with van der Waals surface area (Å²) in [4.78, 5) is 11.2. The number of carbonyl (C=O) groups excluding carboxylic acids is 1. The van der Waals surface area contributed by atoms with Crippen molar-refractivity contribution in [1.29, 1.82) is 0 Å². The molecule has 3 aromatic carbocycles. The number of halogens is 2. The number of nitrogens with one attached hydrogen (secondary N) is 1. The maximum absolute atomic E-state index is 14.2. The number of benzene rings is 3. The van der Waals surface area contributed by atoms with Crippen molar-refractivity contribution in [3.8, 4) is 0 Å². The summed E-state index contributed by atoms with van der Waals surface area (Å²) in [5.41, 5.74) is 1.80. The second-order valence-electron chi connectivity index (χ2n) is 6.78. The van der Waals surface area contributed by atoms with Crippen LogP contribution in [-0.2, 0) is 21.4 Å². The third-order valence-corrected chi connectivity index (χ3v) is 6.49. The van der Waals surface area contributed by atoms with E-state index in [9.17, 15) is 17.6 Å². The molecule has 0 saturated heterocycles. The van der Waals surface area contributed by atoms with Crippen molar-refractivity contribution in [1.82, 2.24) is 0 Å². The summed E-state index contributed by atoms with van der Waals surface area (Å²) in [6.45, 7) is 2.97. The molecule has 3 rings (SSSR count). The smallest absolute Gasteiger partial charge is 0.264 e. The third-order valence-electron chi connectivity index (χ3n) is 4.45. The van der Waals surface area contributed by atoms with Crippen LogP contribution in [0.1, 0.15) is 18.1 Å². The maximum atomic E-state index is 14.2. The molecule has 8 heteroatoms. The minimum absolute atomic E-state index is 0.00451. The van der Waals surface area contributed by atoms with E-state index in [1.165, 1.54) is 43.3 Å². The van der Waals surface area contributed by atoms with Gasteiger partial charge in [-0.25, -0.2) is 12.8 Å². The lowest BCUT2D eigenvalue weighted by molar-refractivity contribution is -0.114. The number of sulfonamides is 1. The van der Waals surface area contributed by atoms with E-state index < -0.39 is 15.8 Å². The zero-order chi connectivity index (χ0) is 21.9. The van der Waals surface area contributed by atoms with Gasteiger partial charge in [0.1, 0.15) is 5.82 Å². The van der Waals surface area contributed by atoms with E-state index in [1.54, 1.807) is 37.3 Å². The Bertz CT molecular complexity index is 1160. The molecule has 3 aromatic rings. The number of anilines is 2. The van der Waals surface area contributed by atoms with Crippen molar-refractivity contribution in [2.75, 3.05) is 9.62 Å². The van der Waals surface area contributed by atoms with Crippen molar-refractivity contribution < 1.29 is 17.6 Å². The van der Waals surface area contributed by atoms with Crippen molar-refractivity contribution in [3.63, 3.8) is 0 Å². The first kappa shape index (κ1) is 21.8. The molecule has 0 atom stereocenters. The van der Waals surface area contributed by atoms with Crippen LogP contribution in [0.5, 0.6) is 0 Å². The molecule has 0 radical (unpaired) electrons. The first-order valence-electron chi connectivity index (χ1n) is 9.08. The van der Waals surface area contributed by atoms with E-state index in [-0.39, 0.29) is 23.0 Å². The van der Waals surface area contributed by atoms with Gasteiger partial charge in [0.15, 0.2) is 0 Å².